The van der Waals surface area contributed by atoms with Crippen LogP contribution in [-0.2, 0) is 6.61 Å². The number of rotatable bonds is 5. The van der Waals surface area contributed by atoms with Crippen LogP contribution in [0.4, 0.5) is 0 Å². The first-order valence-electron chi connectivity index (χ1n) is 10.2. The Morgan fingerprint density at radius 3 is 2.61 bits per heavy atom. The van der Waals surface area contributed by atoms with Crippen LogP contribution in [0.3, 0.4) is 0 Å². The third-order valence-corrected chi connectivity index (χ3v) is 5.25. The second-order valence-corrected chi connectivity index (χ2v) is 7.54. The molecule has 1 aliphatic heterocycles. The Hall–Kier alpha value is -3.99. The Labute approximate surface area is 179 Å². The van der Waals surface area contributed by atoms with Gasteiger partial charge in [0.25, 0.3) is 0 Å². The number of nitrogens with zero attached hydrogens (tertiary/aromatic N) is 1. The van der Waals surface area contributed by atoms with Gasteiger partial charge in [-0.2, -0.15) is 0 Å². The van der Waals surface area contributed by atoms with Crippen LogP contribution < -0.4 is 30.7 Å². The van der Waals surface area contributed by atoms with E-state index in [1.54, 1.807) is 7.11 Å². The summed E-state index contributed by atoms with van der Waals surface area (Å²) in [6, 6.07) is 22.2. The highest BCUT2D eigenvalue weighted by Crippen LogP contribution is 2.10. The largest absolute Gasteiger partial charge is 0.497 e. The number of H-pyrrole nitrogens is 2. The molecule has 5 heteroatoms. The lowest BCUT2D eigenvalue weighted by atomic mass is 10.2. The highest BCUT2D eigenvalue weighted by Gasteiger charge is 2.08. The molecule has 2 N–H and O–H groups in total. The molecular formula is C26H23N3O2. The zero-order valence-corrected chi connectivity index (χ0v) is 17.5. The minimum Gasteiger partial charge on any atom is -0.497 e. The van der Waals surface area contributed by atoms with Gasteiger partial charge in [-0.05, 0) is 55.0 Å². The predicted octanol–water partition coefficient (Wildman–Crippen LogP) is 2.29. The van der Waals surface area contributed by atoms with Crippen LogP contribution in [0.1, 0.15) is 17.0 Å². The average molecular weight is 409 g/mol. The van der Waals surface area contributed by atoms with Gasteiger partial charge in [0, 0.05) is 22.7 Å². The van der Waals surface area contributed by atoms with Crippen molar-refractivity contribution in [1.82, 2.24) is 9.97 Å². The van der Waals surface area contributed by atoms with Crippen LogP contribution in [0.2, 0.25) is 0 Å². The van der Waals surface area contributed by atoms with E-state index in [0.717, 1.165) is 55.4 Å². The quantitative estimate of drug-likeness (QED) is 0.531. The van der Waals surface area contributed by atoms with Gasteiger partial charge in [-0.3, -0.25) is 0 Å². The van der Waals surface area contributed by atoms with Crippen LogP contribution in [0.5, 0.6) is 11.5 Å². The van der Waals surface area contributed by atoms with Crippen molar-refractivity contribution in [2.75, 3.05) is 7.11 Å². The summed E-state index contributed by atoms with van der Waals surface area (Å²) in [6.45, 7) is 2.54. The molecule has 154 valence electrons. The fourth-order valence-electron chi connectivity index (χ4n) is 3.64. The first-order valence-corrected chi connectivity index (χ1v) is 10.2. The predicted molar refractivity (Wildman–Crippen MR) is 122 cm³/mol. The topological polar surface area (TPSA) is 62.4 Å². The van der Waals surface area contributed by atoms with E-state index in [1.165, 1.54) is 0 Å². The van der Waals surface area contributed by atoms with E-state index in [0.29, 0.717) is 6.61 Å². The van der Waals surface area contributed by atoms with Crippen molar-refractivity contribution in [3.05, 3.63) is 105 Å². The molecule has 0 radical (unpaired) electrons. The van der Waals surface area contributed by atoms with Crippen molar-refractivity contribution < 1.29 is 9.47 Å². The normalized spacial score (nSPS) is 14.7. The second-order valence-electron chi connectivity index (χ2n) is 7.54. The monoisotopic (exact) mass is 409 g/mol. The maximum absolute atomic E-state index is 6.19. The number of aromatic nitrogens is 2. The number of benzene rings is 2. The summed E-state index contributed by atoms with van der Waals surface area (Å²) in [5.74, 6) is 1.61. The first-order chi connectivity index (χ1) is 15.2. The van der Waals surface area contributed by atoms with E-state index < -0.39 is 0 Å². The first kappa shape index (κ1) is 19.0. The Bertz CT molecular complexity index is 1480. The van der Waals surface area contributed by atoms with Gasteiger partial charge in [0.15, 0.2) is 0 Å². The smallest absolute Gasteiger partial charge is 0.145 e. The number of nitrogens with one attached hydrogen (secondary N) is 2. The number of aromatic amines is 2. The van der Waals surface area contributed by atoms with Crippen LogP contribution in [0.25, 0.3) is 17.8 Å². The van der Waals surface area contributed by atoms with Crippen LogP contribution in [0, 0.1) is 6.92 Å². The zero-order valence-electron chi connectivity index (χ0n) is 17.5. The standard InChI is InChI=1S/C26H23N3O2/c1-17-8-9-20(27-17)14-25-26(31-16-18-6-4-3-5-7-18)15-24(29-25)23-13-19-12-21(30-2)10-11-22(19)28-23/h3-15,27,29H,16H2,1-2H3. The van der Waals surface area contributed by atoms with E-state index in [9.17, 15) is 0 Å². The lowest BCUT2D eigenvalue weighted by Gasteiger charge is -2.03. The Morgan fingerprint density at radius 2 is 1.84 bits per heavy atom. The van der Waals surface area contributed by atoms with Crippen molar-refractivity contribution in [3.63, 3.8) is 0 Å². The van der Waals surface area contributed by atoms with Crippen LogP contribution >= 0.6 is 0 Å². The minimum atomic E-state index is 0.496. The molecule has 2 aromatic carbocycles. The molecule has 1 aliphatic rings. The van der Waals surface area contributed by atoms with E-state index in [-0.39, 0.29) is 0 Å². The van der Waals surface area contributed by atoms with E-state index in [1.807, 2.05) is 49.4 Å². The van der Waals surface area contributed by atoms with Crippen molar-refractivity contribution in [2.45, 2.75) is 13.5 Å². The van der Waals surface area contributed by atoms with Gasteiger partial charge in [0.1, 0.15) is 18.1 Å². The lowest BCUT2D eigenvalue weighted by Crippen LogP contribution is -2.20. The Morgan fingerprint density at radius 1 is 0.968 bits per heavy atom. The third kappa shape index (κ3) is 4.03. The fourth-order valence-corrected chi connectivity index (χ4v) is 3.64. The number of fused-ring (bicyclic) bond motifs is 1. The molecule has 0 amide bonds. The summed E-state index contributed by atoms with van der Waals surface area (Å²) in [6.07, 6.45) is 4.12. The van der Waals surface area contributed by atoms with Crippen LogP contribution in [0.15, 0.2) is 71.7 Å². The summed E-state index contributed by atoms with van der Waals surface area (Å²) in [7, 11) is 1.67. The van der Waals surface area contributed by atoms with Crippen molar-refractivity contribution in [3.8, 4) is 11.5 Å². The van der Waals surface area contributed by atoms with E-state index in [2.05, 4.69) is 46.4 Å². The molecule has 0 spiro atoms. The van der Waals surface area contributed by atoms with E-state index in [4.69, 9.17) is 14.5 Å². The Kier molecular flexibility index (Phi) is 4.92. The zero-order chi connectivity index (χ0) is 21.2. The van der Waals surface area contributed by atoms with Crippen molar-refractivity contribution in [2.24, 2.45) is 4.99 Å². The fraction of sp³-hybridized carbons (Fsp3) is 0.115. The molecule has 0 fully saturated rings. The number of hydrogen-bond donors (Lipinski definition) is 2. The summed E-state index contributed by atoms with van der Waals surface area (Å²) < 4.78 is 11.5. The molecule has 3 heterocycles. The molecular weight excluding hydrogens is 386 g/mol. The Balaban J connectivity index is 1.60. The van der Waals surface area contributed by atoms with Gasteiger partial charge < -0.3 is 19.4 Å². The maximum atomic E-state index is 6.19. The minimum absolute atomic E-state index is 0.496. The molecule has 2 aromatic heterocycles. The van der Waals surface area contributed by atoms with Gasteiger partial charge in [-0.1, -0.05) is 30.3 Å². The second kappa shape index (κ2) is 8.03. The molecule has 0 unspecified atom stereocenters. The molecule has 31 heavy (non-hydrogen) atoms. The van der Waals surface area contributed by atoms with E-state index >= 15 is 0 Å². The summed E-state index contributed by atoms with van der Waals surface area (Å²) in [5.41, 5.74) is 4.12. The maximum Gasteiger partial charge on any atom is 0.145 e. The average Bonchev–Trinajstić information content (AvgIpc) is 3.51. The number of methoxy groups -OCH3 is 1. The molecule has 0 bridgehead atoms. The summed E-state index contributed by atoms with van der Waals surface area (Å²) in [5, 5.41) is 3.79. The molecule has 0 atom stereocenters. The SMILES string of the molecule is COc1ccc2c(c1)=CC(=c1cc(OCc3ccccc3)c(=Cc3ccc(C)[nH]3)[nH]1)N=2. The highest BCUT2D eigenvalue weighted by atomic mass is 16.5. The molecule has 0 aliphatic carbocycles. The molecule has 5 rings (SSSR count). The number of ether oxygens (including phenoxy) is 2. The third-order valence-electron chi connectivity index (χ3n) is 5.25. The number of hydrogen-bond acceptors (Lipinski definition) is 3. The molecule has 4 aromatic rings. The molecule has 5 nitrogen and oxygen atoms in total. The highest BCUT2D eigenvalue weighted by molar-refractivity contribution is 5.77. The summed E-state index contributed by atoms with van der Waals surface area (Å²) >= 11 is 0. The van der Waals surface area contributed by atoms with Gasteiger partial charge in [-0.25, -0.2) is 4.99 Å². The van der Waals surface area contributed by atoms with Gasteiger partial charge in [-0.15, -0.1) is 0 Å². The lowest BCUT2D eigenvalue weighted by molar-refractivity contribution is 0.304. The van der Waals surface area contributed by atoms with Crippen molar-refractivity contribution in [1.29, 1.82) is 0 Å². The van der Waals surface area contributed by atoms with Crippen LogP contribution in [-0.4, -0.2) is 17.1 Å². The van der Waals surface area contributed by atoms with Gasteiger partial charge in [0.2, 0.25) is 0 Å². The van der Waals surface area contributed by atoms with Gasteiger partial charge in [0.05, 0.1) is 28.9 Å². The molecule has 0 saturated carbocycles. The van der Waals surface area contributed by atoms with Gasteiger partial charge >= 0.3 is 0 Å². The number of aryl methyl sites for hydroxylation is 1. The van der Waals surface area contributed by atoms with Crippen molar-refractivity contribution >= 4 is 17.8 Å². The summed E-state index contributed by atoms with van der Waals surface area (Å²) in [4.78, 5) is 11.6. The molecule has 0 saturated heterocycles.